The fourth-order valence-corrected chi connectivity index (χ4v) is 4.37. The minimum atomic E-state index is 0.478. The second-order valence-electron chi connectivity index (χ2n) is 6.84. The largest absolute Gasteiger partial charge is 0.330 e. The molecular weight excluding hydrogens is 238 g/mol. The van der Waals surface area contributed by atoms with Crippen molar-refractivity contribution in [3.63, 3.8) is 0 Å². The van der Waals surface area contributed by atoms with Gasteiger partial charge >= 0.3 is 0 Å². The molecule has 1 heterocycles. The van der Waals surface area contributed by atoms with Crippen LogP contribution in [0.2, 0.25) is 0 Å². The monoisotopic (exact) mass is 265 g/mol. The molecule has 0 aromatic carbocycles. The van der Waals surface area contributed by atoms with Crippen LogP contribution in [0, 0.1) is 17.3 Å². The van der Waals surface area contributed by atoms with Crippen molar-refractivity contribution in [1.29, 1.82) is 0 Å². The molecule has 1 fully saturated rings. The summed E-state index contributed by atoms with van der Waals surface area (Å²) in [7, 11) is 0. The Morgan fingerprint density at radius 3 is 2.39 bits per heavy atom. The lowest BCUT2D eigenvalue weighted by Gasteiger charge is -2.39. The first-order valence-electron chi connectivity index (χ1n) is 7.26. The predicted octanol–water partition coefficient (Wildman–Crippen LogP) is 4.64. The molecule has 0 radical (unpaired) electrons. The first kappa shape index (κ1) is 14.1. The molecule has 1 atom stereocenters. The Morgan fingerprint density at radius 2 is 1.94 bits per heavy atom. The molecule has 1 nitrogen and oxygen atoms in total. The van der Waals surface area contributed by atoms with E-state index < -0.39 is 0 Å². The minimum Gasteiger partial charge on any atom is -0.330 e. The molecule has 1 aliphatic rings. The molecule has 0 bridgehead atoms. The number of hydrogen-bond donors (Lipinski definition) is 1. The summed E-state index contributed by atoms with van der Waals surface area (Å²) in [6, 6.07) is 4.42. The topological polar surface area (TPSA) is 26.0 Å². The first-order valence-corrected chi connectivity index (χ1v) is 8.13. The summed E-state index contributed by atoms with van der Waals surface area (Å²) in [6.45, 7) is 7.97. The van der Waals surface area contributed by atoms with Crippen molar-refractivity contribution in [1.82, 2.24) is 0 Å². The van der Waals surface area contributed by atoms with Gasteiger partial charge in [0.1, 0.15) is 0 Å². The van der Waals surface area contributed by atoms with Gasteiger partial charge in [-0.3, -0.25) is 0 Å². The van der Waals surface area contributed by atoms with Crippen molar-refractivity contribution in [2.45, 2.75) is 52.4 Å². The van der Waals surface area contributed by atoms with E-state index in [-0.39, 0.29) is 0 Å². The first-order chi connectivity index (χ1) is 8.52. The summed E-state index contributed by atoms with van der Waals surface area (Å²) in [5.74, 6) is 2.31. The number of thiophene rings is 1. The van der Waals surface area contributed by atoms with E-state index in [1.807, 2.05) is 11.3 Å². The van der Waals surface area contributed by atoms with Crippen molar-refractivity contribution < 1.29 is 0 Å². The van der Waals surface area contributed by atoms with E-state index in [1.165, 1.54) is 30.6 Å². The Labute approximate surface area is 116 Å². The molecule has 102 valence electrons. The fourth-order valence-electron chi connectivity index (χ4n) is 3.43. The summed E-state index contributed by atoms with van der Waals surface area (Å²) >= 11 is 1.88. The summed E-state index contributed by atoms with van der Waals surface area (Å²) in [5.41, 5.74) is 6.50. The quantitative estimate of drug-likeness (QED) is 0.846. The molecule has 0 saturated heterocycles. The molecule has 2 N–H and O–H groups in total. The Bertz CT molecular complexity index is 342. The van der Waals surface area contributed by atoms with E-state index in [9.17, 15) is 0 Å². The Morgan fingerprint density at radius 1 is 1.28 bits per heavy atom. The van der Waals surface area contributed by atoms with Gasteiger partial charge in [-0.15, -0.1) is 11.3 Å². The fraction of sp³-hybridized carbons (Fsp3) is 0.750. The van der Waals surface area contributed by atoms with Gasteiger partial charge in [0.25, 0.3) is 0 Å². The number of hydrogen-bond acceptors (Lipinski definition) is 2. The number of rotatable bonds is 3. The maximum atomic E-state index is 6.02. The Kier molecular flexibility index (Phi) is 4.50. The van der Waals surface area contributed by atoms with Crippen LogP contribution in [-0.4, -0.2) is 6.54 Å². The molecule has 1 aliphatic carbocycles. The zero-order chi connectivity index (χ0) is 13.2. The van der Waals surface area contributed by atoms with E-state index in [0.717, 1.165) is 18.4 Å². The van der Waals surface area contributed by atoms with Crippen LogP contribution in [0.4, 0.5) is 0 Å². The summed E-state index contributed by atoms with van der Waals surface area (Å²) in [5, 5.41) is 2.18. The molecule has 1 unspecified atom stereocenters. The van der Waals surface area contributed by atoms with Gasteiger partial charge in [0.15, 0.2) is 0 Å². The highest BCUT2D eigenvalue weighted by Crippen LogP contribution is 2.44. The second kappa shape index (κ2) is 5.75. The van der Waals surface area contributed by atoms with E-state index in [0.29, 0.717) is 11.3 Å². The third-order valence-corrected chi connectivity index (χ3v) is 5.73. The van der Waals surface area contributed by atoms with Gasteiger partial charge < -0.3 is 5.73 Å². The van der Waals surface area contributed by atoms with Crippen LogP contribution < -0.4 is 5.73 Å². The maximum Gasteiger partial charge on any atom is 0.00915 e. The van der Waals surface area contributed by atoms with Crippen molar-refractivity contribution in [3.8, 4) is 0 Å². The van der Waals surface area contributed by atoms with Crippen LogP contribution in [-0.2, 0) is 0 Å². The highest BCUT2D eigenvalue weighted by Gasteiger charge is 2.33. The van der Waals surface area contributed by atoms with Gasteiger partial charge in [-0.25, -0.2) is 0 Å². The molecular formula is C16H27NS. The predicted molar refractivity (Wildman–Crippen MR) is 81.0 cm³/mol. The standard InChI is InChI=1S/C16H27NS/c1-16(2,3)13-8-6-12(7-9-13)14(11-17)15-5-4-10-18-15/h4-5,10,12-14H,6-9,11,17H2,1-3H3. The van der Waals surface area contributed by atoms with Crippen molar-refractivity contribution >= 4 is 11.3 Å². The van der Waals surface area contributed by atoms with E-state index >= 15 is 0 Å². The lowest BCUT2D eigenvalue weighted by atomic mass is 9.67. The average molecular weight is 265 g/mol. The molecule has 1 saturated carbocycles. The molecule has 0 aliphatic heterocycles. The van der Waals surface area contributed by atoms with Crippen molar-refractivity contribution in [2.24, 2.45) is 23.0 Å². The van der Waals surface area contributed by atoms with Gasteiger partial charge in [0.2, 0.25) is 0 Å². The molecule has 0 spiro atoms. The highest BCUT2D eigenvalue weighted by molar-refractivity contribution is 7.10. The van der Waals surface area contributed by atoms with Gasteiger partial charge in [-0.05, 0) is 54.4 Å². The molecule has 18 heavy (non-hydrogen) atoms. The molecule has 0 amide bonds. The van der Waals surface area contributed by atoms with Crippen LogP contribution in [0.5, 0.6) is 0 Å². The summed E-state index contributed by atoms with van der Waals surface area (Å²) in [6.07, 6.45) is 5.50. The van der Waals surface area contributed by atoms with Gasteiger partial charge in [0, 0.05) is 17.3 Å². The van der Waals surface area contributed by atoms with Gasteiger partial charge in [-0.2, -0.15) is 0 Å². The normalized spacial score (nSPS) is 27.1. The number of nitrogens with two attached hydrogens (primary N) is 1. The zero-order valence-corrected chi connectivity index (χ0v) is 12.8. The third kappa shape index (κ3) is 3.16. The highest BCUT2D eigenvalue weighted by atomic mass is 32.1. The van der Waals surface area contributed by atoms with Crippen LogP contribution >= 0.6 is 11.3 Å². The van der Waals surface area contributed by atoms with Crippen LogP contribution in [0.15, 0.2) is 17.5 Å². The smallest absolute Gasteiger partial charge is 0.00915 e. The van der Waals surface area contributed by atoms with E-state index in [1.54, 1.807) is 0 Å². The SMILES string of the molecule is CC(C)(C)C1CCC(C(CN)c2cccs2)CC1. The zero-order valence-electron chi connectivity index (χ0n) is 12.0. The maximum absolute atomic E-state index is 6.02. The molecule has 1 aromatic heterocycles. The van der Waals surface area contributed by atoms with Crippen LogP contribution in [0.3, 0.4) is 0 Å². The van der Waals surface area contributed by atoms with Crippen molar-refractivity contribution in [2.75, 3.05) is 6.54 Å². The third-order valence-electron chi connectivity index (χ3n) is 4.73. The van der Waals surface area contributed by atoms with Crippen molar-refractivity contribution in [3.05, 3.63) is 22.4 Å². The second-order valence-corrected chi connectivity index (χ2v) is 7.81. The summed E-state index contributed by atoms with van der Waals surface area (Å²) < 4.78 is 0. The van der Waals surface area contributed by atoms with Gasteiger partial charge in [-0.1, -0.05) is 26.8 Å². The molecule has 1 aromatic rings. The minimum absolute atomic E-state index is 0.478. The molecule has 2 rings (SSSR count). The lowest BCUT2D eigenvalue weighted by molar-refractivity contribution is 0.140. The summed E-state index contributed by atoms with van der Waals surface area (Å²) in [4.78, 5) is 1.50. The van der Waals surface area contributed by atoms with Crippen LogP contribution in [0.1, 0.15) is 57.2 Å². The lowest BCUT2D eigenvalue weighted by Crippen LogP contribution is -2.30. The Balaban J connectivity index is 1.96. The van der Waals surface area contributed by atoms with E-state index in [2.05, 4.69) is 38.3 Å². The molecule has 2 heteroatoms. The van der Waals surface area contributed by atoms with E-state index in [4.69, 9.17) is 5.73 Å². The Hall–Kier alpha value is -0.340. The van der Waals surface area contributed by atoms with Gasteiger partial charge in [0.05, 0.1) is 0 Å². The van der Waals surface area contributed by atoms with Crippen LogP contribution in [0.25, 0.3) is 0 Å². The average Bonchev–Trinajstić information content (AvgIpc) is 2.83.